The number of nitro groups is 1. The highest BCUT2D eigenvalue weighted by Gasteiger charge is 2.07. The van der Waals surface area contributed by atoms with Crippen molar-refractivity contribution in [2.45, 2.75) is 13.0 Å². The molecule has 1 aromatic heterocycles. The molecular weight excluding hydrogens is 292 g/mol. The van der Waals surface area contributed by atoms with Gasteiger partial charge in [0, 0.05) is 43.2 Å². The van der Waals surface area contributed by atoms with Crippen LogP contribution in [0.25, 0.3) is 0 Å². The Morgan fingerprint density at radius 2 is 1.70 bits per heavy atom. The van der Waals surface area contributed by atoms with Gasteiger partial charge in [-0.05, 0) is 23.3 Å². The van der Waals surface area contributed by atoms with Crippen molar-refractivity contribution in [3.63, 3.8) is 0 Å². The van der Waals surface area contributed by atoms with Crippen molar-refractivity contribution in [2.75, 3.05) is 5.73 Å². The fourth-order valence-corrected chi connectivity index (χ4v) is 2.39. The lowest BCUT2D eigenvalue weighted by molar-refractivity contribution is -0.384. The molecular formula is C17H16N4O2. The number of nitrogen functional groups attached to an aromatic ring is 1. The molecule has 0 radical (unpaired) electrons. The molecule has 23 heavy (non-hydrogen) atoms. The molecule has 1 heterocycles. The number of aromatic nitrogens is 2. The fourth-order valence-electron chi connectivity index (χ4n) is 2.39. The maximum atomic E-state index is 10.7. The van der Waals surface area contributed by atoms with E-state index in [1.54, 1.807) is 18.3 Å². The summed E-state index contributed by atoms with van der Waals surface area (Å²) in [6.45, 7) is 0.627. The lowest BCUT2D eigenvalue weighted by Crippen LogP contribution is -2.05. The number of nitrogens with zero attached hydrogens (tertiary/aromatic N) is 3. The largest absolute Gasteiger partial charge is 0.399 e. The summed E-state index contributed by atoms with van der Waals surface area (Å²) >= 11 is 0. The second-order valence-corrected chi connectivity index (χ2v) is 5.31. The SMILES string of the molecule is Nc1ccc(Cc2nccn2Cc2ccc([N+](=O)[O-])cc2)cc1. The summed E-state index contributed by atoms with van der Waals surface area (Å²) < 4.78 is 2.04. The monoisotopic (exact) mass is 308 g/mol. The first kappa shape index (κ1) is 14.8. The minimum atomic E-state index is -0.395. The van der Waals surface area contributed by atoms with Crippen LogP contribution in [0.5, 0.6) is 0 Å². The van der Waals surface area contributed by atoms with E-state index in [2.05, 4.69) is 4.98 Å². The second-order valence-electron chi connectivity index (χ2n) is 5.31. The van der Waals surface area contributed by atoms with Gasteiger partial charge in [0.1, 0.15) is 5.82 Å². The number of non-ortho nitro benzene ring substituents is 1. The highest BCUT2D eigenvalue weighted by atomic mass is 16.6. The van der Waals surface area contributed by atoms with Crippen LogP contribution in [0.1, 0.15) is 17.0 Å². The third-order valence-electron chi connectivity index (χ3n) is 3.64. The molecule has 0 saturated carbocycles. The zero-order chi connectivity index (χ0) is 16.2. The average Bonchev–Trinajstić information content (AvgIpc) is 2.97. The van der Waals surface area contributed by atoms with Crippen LogP contribution in [0.3, 0.4) is 0 Å². The summed E-state index contributed by atoms with van der Waals surface area (Å²) in [6.07, 6.45) is 4.38. The molecule has 0 spiro atoms. The van der Waals surface area contributed by atoms with E-state index in [4.69, 9.17) is 5.73 Å². The first-order valence-corrected chi connectivity index (χ1v) is 7.19. The Kier molecular flexibility index (Phi) is 4.05. The molecule has 0 aliphatic heterocycles. The summed E-state index contributed by atoms with van der Waals surface area (Å²) in [5, 5.41) is 10.7. The summed E-state index contributed by atoms with van der Waals surface area (Å²) in [6, 6.07) is 14.3. The van der Waals surface area contributed by atoms with Crippen LogP contribution in [-0.2, 0) is 13.0 Å². The van der Waals surface area contributed by atoms with Crippen molar-refractivity contribution < 1.29 is 4.92 Å². The molecule has 3 rings (SSSR count). The lowest BCUT2D eigenvalue weighted by atomic mass is 10.1. The van der Waals surface area contributed by atoms with Crippen LogP contribution in [-0.4, -0.2) is 14.5 Å². The molecule has 0 amide bonds. The third-order valence-corrected chi connectivity index (χ3v) is 3.64. The molecule has 2 aromatic carbocycles. The van der Waals surface area contributed by atoms with Crippen LogP contribution in [0.2, 0.25) is 0 Å². The Bertz CT molecular complexity index is 807. The molecule has 0 aliphatic carbocycles. The number of nitro benzene ring substituents is 1. The molecule has 0 aliphatic rings. The number of nitrogens with two attached hydrogens (primary N) is 1. The normalized spacial score (nSPS) is 10.6. The maximum absolute atomic E-state index is 10.7. The van der Waals surface area contributed by atoms with E-state index in [-0.39, 0.29) is 5.69 Å². The minimum absolute atomic E-state index is 0.0986. The Labute approximate surface area is 133 Å². The lowest BCUT2D eigenvalue weighted by Gasteiger charge is -2.08. The van der Waals surface area contributed by atoms with Crippen molar-refractivity contribution in [2.24, 2.45) is 0 Å². The van der Waals surface area contributed by atoms with Crippen molar-refractivity contribution in [3.8, 4) is 0 Å². The number of rotatable bonds is 5. The molecule has 3 aromatic rings. The van der Waals surface area contributed by atoms with E-state index in [0.29, 0.717) is 13.0 Å². The van der Waals surface area contributed by atoms with E-state index in [1.165, 1.54) is 12.1 Å². The number of anilines is 1. The van der Waals surface area contributed by atoms with Crippen LogP contribution in [0.15, 0.2) is 60.9 Å². The first-order valence-electron chi connectivity index (χ1n) is 7.19. The van der Waals surface area contributed by atoms with Gasteiger partial charge in [-0.2, -0.15) is 0 Å². The number of imidazole rings is 1. The van der Waals surface area contributed by atoms with Gasteiger partial charge in [-0.15, -0.1) is 0 Å². The van der Waals surface area contributed by atoms with Gasteiger partial charge in [-0.1, -0.05) is 24.3 Å². The van der Waals surface area contributed by atoms with Gasteiger partial charge in [0.15, 0.2) is 0 Å². The van der Waals surface area contributed by atoms with Crippen molar-refractivity contribution in [3.05, 3.63) is 88.0 Å². The predicted molar refractivity (Wildman–Crippen MR) is 88.1 cm³/mol. The summed E-state index contributed by atoms with van der Waals surface area (Å²) in [5.74, 6) is 0.938. The van der Waals surface area contributed by atoms with Crippen LogP contribution < -0.4 is 5.73 Å². The molecule has 0 fully saturated rings. The van der Waals surface area contributed by atoms with Gasteiger partial charge in [0.05, 0.1) is 4.92 Å². The molecule has 6 nitrogen and oxygen atoms in total. The second kappa shape index (κ2) is 6.31. The summed E-state index contributed by atoms with van der Waals surface area (Å²) in [4.78, 5) is 14.7. The summed E-state index contributed by atoms with van der Waals surface area (Å²) in [5.41, 5.74) is 8.66. The number of hydrogen-bond donors (Lipinski definition) is 1. The standard InChI is InChI=1S/C17H16N4O2/c18-15-5-1-13(2-6-15)11-17-19-9-10-20(17)12-14-3-7-16(8-4-14)21(22)23/h1-10H,11-12,18H2. The molecule has 116 valence electrons. The summed E-state index contributed by atoms with van der Waals surface area (Å²) in [7, 11) is 0. The topological polar surface area (TPSA) is 87.0 Å². The quantitative estimate of drug-likeness (QED) is 0.446. The Balaban J connectivity index is 1.75. The average molecular weight is 308 g/mol. The highest BCUT2D eigenvalue weighted by molar-refractivity contribution is 5.40. The van der Waals surface area contributed by atoms with Gasteiger partial charge in [-0.25, -0.2) is 4.98 Å². The Morgan fingerprint density at radius 3 is 2.35 bits per heavy atom. The Morgan fingerprint density at radius 1 is 1.04 bits per heavy atom. The first-order chi connectivity index (χ1) is 11.1. The van der Waals surface area contributed by atoms with Crippen molar-refractivity contribution >= 4 is 11.4 Å². The highest BCUT2D eigenvalue weighted by Crippen LogP contribution is 2.15. The molecule has 0 unspecified atom stereocenters. The van der Waals surface area contributed by atoms with Gasteiger partial charge in [0.25, 0.3) is 5.69 Å². The third kappa shape index (κ3) is 3.55. The van der Waals surface area contributed by atoms with E-state index in [0.717, 1.165) is 22.6 Å². The predicted octanol–water partition coefficient (Wildman–Crippen LogP) is 3.01. The smallest absolute Gasteiger partial charge is 0.269 e. The van der Waals surface area contributed by atoms with Crippen LogP contribution in [0, 0.1) is 10.1 Å². The zero-order valence-electron chi connectivity index (χ0n) is 12.4. The van der Waals surface area contributed by atoms with Gasteiger partial charge in [0.2, 0.25) is 0 Å². The molecule has 6 heteroatoms. The molecule has 2 N–H and O–H groups in total. The number of hydrogen-bond acceptors (Lipinski definition) is 4. The van der Waals surface area contributed by atoms with Crippen LogP contribution in [0.4, 0.5) is 11.4 Å². The zero-order valence-corrected chi connectivity index (χ0v) is 12.4. The van der Waals surface area contributed by atoms with Crippen LogP contribution >= 0.6 is 0 Å². The molecule has 0 atom stereocenters. The van der Waals surface area contributed by atoms with Crippen molar-refractivity contribution in [1.29, 1.82) is 0 Å². The van der Waals surface area contributed by atoms with Crippen molar-refractivity contribution in [1.82, 2.24) is 9.55 Å². The fraction of sp³-hybridized carbons (Fsp3) is 0.118. The van der Waals surface area contributed by atoms with Gasteiger partial charge >= 0.3 is 0 Å². The maximum Gasteiger partial charge on any atom is 0.269 e. The van der Waals surface area contributed by atoms with E-state index in [9.17, 15) is 10.1 Å². The molecule has 0 bridgehead atoms. The number of benzene rings is 2. The van der Waals surface area contributed by atoms with Gasteiger partial charge < -0.3 is 10.3 Å². The Hall–Kier alpha value is -3.15. The van der Waals surface area contributed by atoms with Gasteiger partial charge in [-0.3, -0.25) is 10.1 Å². The van der Waals surface area contributed by atoms with E-state index >= 15 is 0 Å². The molecule has 0 saturated heterocycles. The minimum Gasteiger partial charge on any atom is -0.399 e. The van der Waals surface area contributed by atoms with E-state index < -0.39 is 4.92 Å². The van der Waals surface area contributed by atoms with E-state index in [1.807, 2.05) is 35.0 Å².